The van der Waals surface area contributed by atoms with Crippen molar-refractivity contribution in [3.05, 3.63) is 51.8 Å². The van der Waals surface area contributed by atoms with Crippen molar-refractivity contribution in [3.63, 3.8) is 0 Å². The molecule has 2 aromatic rings. The van der Waals surface area contributed by atoms with Gasteiger partial charge >= 0.3 is 0 Å². The van der Waals surface area contributed by atoms with Crippen LogP contribution in [0.4, 0.5) is 0 Å². The third kappa shape index (κ3) is 3.35. The molecule has 19 heavy (non-hydrogen) atoms. The number of benzene rings is 1. The van der Waals surface area contributed by atoms with Gasteiger partial charge in [0.05, 0.1) is 23.0 Å². The summed E-state index contributed by atoms with van der Waals surface area (Å²) in [5.74, 6) is 0. The van der Waals surface area contributed by atoms with Crippen LogP contribution in [0.3, 0.4) is 0 Å². The van der Waals surface area contributed by atoms with Crippen molar-refractivity contribution in [2.75, 3.05) is 0 Å². The average molecular weight is 280 g/mol. The van der Waals surface area contributed by atoms with E-state index in [-0.39, 0.29) is 6.61 Å². The fourth-order valence-electron chi connectivity index (χ4n) is 1.96. The minimum atomic E-state index is 0.0810. The maximum atomic E-state index is 8.98. The van der Waals surface area contributed by atoms with Gasteiger partial charge in [0.2, 0.25) is 0 Å². The van der Waals surface area contributed by atoms with Gasteiger partial charge in [-0.25, -0.2) is 0 Å². The molecule has 0 saturated carbocycles. The zero-order valence-electron chi connectivity index (χ0n) is 11.2. The van der Waals surface area contributed by atoms with Crippen LogP contribution in [0.1, 0.15) is 22.5 Å². The number of nitrogens with one attached hydrogen (secondary N) is 1. The summed E-state index contributed by atoms with van der Waals surface area (Å²) in [4.78, 5) is 0. The maximum absolute atomic E-state index is 8.98. The number of aliphatic hydroxyl groups is 1. The summed E-state index contributed by atoms with van der Waals surface area (Å²) in [6.07, 6.45) is 0. The molecule has 1 heterocycles. The Balaban J connectivity index is 1.92. The Hall–Kier alpha value is -1.36. The molecule has 0 atom stereocenters. The Morgan fingerprint density at radius 2 is 1.84 bits per heavy atom. The molecule has 1 aromatic heterocycles. The van der Waals surface area contributed by atoms with E-state index in [4.69, 9.17) is 16.7 Å². The molecule has 2 rings (SSSR count). The van der Waals surface area contributed by atoms with Gasteiger partial charge in [-0.05, 0) is 18.1 Å². The average Bonchev–Trinajstić information content (AvgIpc) is 2.66. The summed E-state index contributed by atoms with van der Waals surface area (Å²) in [6.45, 7) is 3.42. The molecule has 0 aliphatic heterocycles. The Morgan fingerprint density at radius 3 is 2.37 bits per heavy atom. The van der Waals surface area contributed by atoms with Crippen LogP contribution in [0.2, 0.25) is 5.02 Å². The summed E-state index contributed by atoms with van der Waals surface area (Å²) in [5, 5.41) is 17.3. The summed E-state index contributed by atoms with van der Waals surface area (Å²) >= 11 is 6.18. The van der Waals surface area contributed by atoms with E-state index in [1.54, 1.807) is 4.68 Å². The Labute approximate surface area is 118 Å². The summed E-state index contributed by atoms with van der Waals surface area (Å²) in [6, 6.07) is 7.87. The Bertz CT molecular complexity index is 549. The molecule has 0 radical (unpaired) electrons. The van der Waals surface area contributed by atoms with E-state index >= 15 is 0 Å². The van der Waals surface area contributed by atoms with E-state index in [0.717, 1.165) is 28.5 Å². The van der Waals surface area contributed by atoms with Gasteiger partial charge in [-0.15, -0.1) is 0 Å². The second kappa shape index (κ2) is 6.19. The molecular formula is C14H18ClN3O. The topological polar surface area (TPSA) is 50.1 Å². The lowest BCUT2D eigenvalue weighted by Gasteiger charge is -2.06. The summed E-state index contributed by atoms with van der Waals surface area (Å²) in [5.41, 5.74) is 3.95. The highest BCUT2D eigenvalue weighted by Gasteiger charge is 2.09. The number of aliphatic hydroxyl groups excluding tert-OH is 1. The van der Waals surface area contributed by atoms with Crippen molar-refractivity contribution in [2.45, 2.75) is 26.6 Å². The van der Waals surface area contributed by atoms with Gasteiger partial charge in [-0.2, -0.15) is 5.10 Å². The van der Waals surface area contributed by atoms with E-state index < -0.39 is 0 Å². The zero-order valence-corrected chi connectivity index (χ0v) is 11.9. The first kappa shape index (κ1) is 14.1. The summed E-state index contributed by atoms with van der Waals surface area (Å²) < 4.78 is 1.81. The molecule has 5 heteroatoms. The Kier molecular flexibility index (Phi) is 4.58. The second-order valence-electron chi connectivity index (χ2n) is 4.55. The molecule has 0 unspecified atom stereocenters. The third-order valence-electron chi connectivity index (χ3n) is 3.09. The number of halogens is 1. The second-order valence-corrected chi connectivity index (χ2v) is 4.93. The molecular weight excluding hydrogens is 262 g/mol. The number of hydrogen-bond acceptors (Lipinski definition) is 3. The van der Waals surface area contributed by atoms with Gasteiger partial charge in [-0.1, -0.05) is 35.9 Å². The van der Waals surface area contributed by atoms with Gasteiger partial charge in [0.15, 0.2) is 0 Å². The monoisotopic (exact) mass is 279 g/mol. The lowest BCUT2D eigenvalue weighted by atomic mass is 10.1. The lowest BCUT2D eigenvalue weighted by molar-refractivity contribution is 0.282. The summed E-state index contributed by atoms with van der Waals surface area (Å²) in [7, 11) is 1.89. The SMILES string of the molecule is Cc1nn(C)c(CNCc2ccc(CO)cc2)c1Cl. The highest BCUT2D eigenvalue weighted by Crippen LogP contribution is 2.19. The van der Waals surface area contributed by atoms with Gasteiger partial charge in [-0.3, -0.25) is 4.68 Å². The molecule has 0 saturated heterocycles. The number of hydrogen-bond donors (Lipinski definition) is 2. The minimum absolute atomic E-state index is 0.0810. The van der Waals surface area contributed by atoms with Crippen molar-refractivity contribution in [3.8, 4) is 0 Å². The first-order chi connectivity index (χ1) is 9.11. The largest absolute Gasteiger partial charge is 0.392 e. The van der Waals surface area contributed by atoms with E-state index in [1.165, 1.54) is 5.56 Å². The third-order valence-corrected chi connectivity index (χ3v) is 3.58. The first-order valence-electron chi connectivity index (χ1n) is 6.19. The predicted molar refractivity (Wildman–Crippen MR) is 75.9 cm³/mol. The van der Waals surface area contributed by atoms with E-state index in [0.29, 0.717) is 6.54 Å². The van der Waals surface area contributed by atoms with Crippen molar-refractivity contribution in [1.82, 2.24) is 15.1 Å². The fraction of sp³-hybridized carbons (Fsp3) is 0.357. The van der Waals surface area contributed by atoms with Gasteiger partial charge in [0.1, 0.15) is 0 Å². The molecule has 1 aromatic carbocycles. The van der Waals surface area contributed by atoms with Crippen LogP contribution in [0.25, 0.3) is 0 Å². The smallest absolute Gasteiger partial charge is 0.0860 e. The minimum Gasteiger partial charge on any atom is -0.392 e. The standard InChI is InChI=1S/C14H18ClN3O/c1-10-14(15)13(18(2)17-10)8-16-7-11-3-5-12(9-19)6-4-11/h3-6,16,19H,7-9H2,1-2H3. The van der Waals surface area contributed by atoms with E-state index in [1.807, 2.05) is 38.2 Å². The van der Waals surface area contributed by atoms with Crippen LogP contribution in [-0.4, -0.2) is 14.9 Å². The quantitative estimate of drug-likeness (QED) is 0.882. The van der Waals surface area contributed by atoms with Crippen LogP contribution < -0.4 is 5.32 Å². The van der Waals surface area contributed by atoms with Crippen molar-refractivity contribution < 1.29 is 5.11 Å². The molecule has 0 spiro atoms. The number of nitrogens with zero attached hydrogens (tertiary/aromatic N) is 2. The van der Waals surface area contributed by atoms with Gasteiger partial charge in [0, 0.05) is 20.1 Å². The molecule has 4 nitrogen and oxygen atoms in total. The van der Waals surface area contributed by atoms with Crippen LogP contribution in [0.5, 0.6) is 0 Å². The Morgan fingerprint density at radius 1 is 1.21 bits per heavy atom. The van der Waals surface area contributed by atoms with Crippen molar-refractivity contribution in [1.29, 1.82) is 0 Å². The van der Waals surface area contributed by atoms with Crippen LogP contribution >= 0.6 is 11.6 Å². The molecule has 2 N–H and O–H groups in total. The maximum Gasteiger partial charge on any atom is 0.0860 e. The number of aromatic nitrogens is 2. The van der Waals surface area contributed by atoms with Gasteiger partial charge < -0.3 is 10.4 Å². The lowest BCUT2D eigenvalue weighted by Crippen LogP contribution is -2.15. The van der Waals surface area contributed by atoms with E-state index in [9.17, 15) is 0 Å². The molecule has 0 fully saturated rings. The zero-order chi connectivity index (χ0) is 13.8. The predicted octanol–water partition coefficient (Wildman–Crippen LogP) is 2.16. The van der Waals surface area contributed by atoms with Crippen LogP contribution in [0, 0.1) is 6.92 Å². The van der Waals surface area contributed by atoms with Crippen LogP contribution in [-0.2, 0) is 26.7 Å². The molecule has 0 aliphatic rings. The first-order valence-corrected chi connectivity index (χ1v) is 6.57. The molecule has 0 aliphatic carbocycles. The molecule has 0 bridgehead atoms. The van der Waals surface area contributed by atoms with E-state index in [2.05, 4.69) is 10.4 Å². The highest BCUT2D eigenvalue weighted by atomic mass is 35.5. The normalized spacial score (nSPS) is 10.9. The van der Waals surface area contributed by atoms with Crippen LogP contribution in [0.15, 0.2) is 24.3 Å². The van der Waals surface area contributed by atoms with Crippen molar-refractivity contribution in [2.24, 2.45) is 7.05 Å². The molecule has 0 amide bonds. The highest BCUT2D eigenvalue weighted by molar-refractivity contribution is 6.31. The number of rotatable bonds is 5. The molecule has 102 valence electrons. The fourth-order valence-corrected chi connectivity index (χ4v) is 2.19. The number of aryl methyl sites for hydroxylation is 2. The van der Waals surface area contributed by atoms with Crippen molar-refractivity contribution >= 4 is 11.6 Å². The van der Waals surface area contributed by atoms with Gasteiger partial charge in [0.25, 0.3) is 0 Å².